The first-order valence-corrected chi connectivity index (χ1v) is 9.11. The summed E-state index contributed by atoms with van der Waals surface area (Å²) in [5, 5.41) is 0. The summed E-state index contributed by atoms with van der Waals surface area (Å²) in [6.45, 7) is 8.80. The van der Waals surface area contributed by atoms with Crippen molar-refractivity contribution in [1.29, 1.82) is 0 Å². The summed E-state index contributed by atoms with van der Waals surface area (Å²) in [5.74, 6) is 0.599. The van der Waals surface area contributed by atoms with E-state index in [2.05, 4.69) is 18.8 Å². The largest absolute Gasteiger partial charge is 0.495 e. The minimum Gasteiger partial charge on any atom is -0.495 e. The van der Waals surface area contributed by atoms with Crippen LogP contribution >= 0.6 is 11.3 Å². The van der Waals surface area contributed by atoms with Gasteiger partial charge < -0.3 is 9.30 Å². The van der Waals surface area contributed by atoms with Crippen molar-refractivity contribution in [3.05, 3.63) is 57.4 Å². The number of ether oxygens (including phenoxy) is 1. The van der Waals surface area contributed by atoms with Crippen molar-refractivity contribution in [2.24, 2.45) is 4.99 Å². The number of nitrogens with zero attached hydrogens (tertiary/aromatic N) is 2. The van der Waals surface area contributed by atoms with Crippen LogP contribution in [0.1, 0.15) is 34.0 Å². The lowest BCUT2D eigenvalue weighted by atomic mass is 10.1. The number of hydrogen-bond donors (Lipinski definition) is 0. The highest BCUT2D eigenvalue weighted by Crippen LogP contribution is 2.30. The molecule has 4 nitrogen and oxygen atoms in total. The summed E-state index contributed by atoms with van der Waals surface area (Å²) >= 11 is 1.53. The monoisotopic (exact) mass is 354 g/mol. The number of aromatic nitrogens is 1. The van der Waals surface area contributed by atoms with Gasteiger partial charge in [0.05, 0.1) is 11.8 Å². The molecule has 0 saturated heterocycles. The fourth-order valence-corrected chi connectivity index (χ4v) is 4.20. The number of fused-ring (bicyclic) bond motifs is 1. The number of hydrogen-bond acceptors (Lipinski definition) is 3. The van der Waals surface area contributed by atoms with Gasteiger partial charge in [-0.3, -0.25) is 4.79 Å². The molecule has 0 fully saturated rings. The van der Waals surface area contributed by atoms with Crippen LogP contribution in [0.5, 0.6) is 5.75 Å². The smallest absolute Gasteiger partial charge is 0.279 e. The number of thiazole rings is 1. The van der Waals surface area contributed by atoms with E-state index in [4.69, 9.17) is 4.74 Å². The third kappa shape index (κ3) is 3.12. The Balaban J connectivity index is 2.22. The van der Waals surface area contributed by atoms with Crippen LogP contribution in [0, 0.1) is 20.8 Å². The number of carbonyl (C=O) groups is 1. The maximum absolute atomic E-state index is 12.7. The molecule has 0 aliphatic heterocycles. The number of aryl methyl sites for hydroxylation is 4. The van der Waals surface area contributed by atoms with Gasteiger partial charge in [0, 0.05) is 12.1 Å². The van der Waals surface area contributed by atoms with Crippen molar-refractivity contribution in [3.8, 4) is 5.75 Å². The molecule has 1 heterocycles. The van der Waals surface area contributed by atoms with E-state index in [1.54, 1.807) is 7.11 Å². The van der Waals surface area contributed by atoms with E-state index in [-0.39, 0.29) is 5.91 Å². The highest BCUT2D eigenvalue weighted by Gasteiger charge is 2.14. The second-order valence-corrected chi connectivity index (χ2v) is 7.10. The molecule has 130 valence electrons. The minimum absolute atomic E-state index is 0.206. The number of rotatable bonds is 3. The van der Waals surface area contributed by atoms with Gasteiger partial charge in [-0.15, -0.1) is 0 Å². The molecule has 0 spiro atoms. The van der Waals surface area contributed by atoms with Crippen molar-refractivity contribution in [1.82, 2.24) is 4.57 Å². The highest BCUT2D eigenvalue weighted by atomic mass is 32.1. The molecule has 5 heteroatoms. The van der Waals surface area contributed by atoms with Gasteiger partial charge in [0.15, 0.2) is 4.80 Å². The fourth-order valence-electron chi connectivity index (χ4n) is 3.02. The van der Waals surface area contributed by atoms with E-state index in [1.165, 1.54) is 11.3 Å². The van der Waals surface area contributed by atoms with Crippen LogP contribution in [0.15, 0.2) is 35.3 Å². The molecule has 1 amide bonds. The molecule has 0 aliphatic carbocycles. The Morgan fingerprint density at radius 2 is 1.92 bits per heavy atom. The Labute approximate surface area is 151 Å². The maximum Gasteiger partial charge on any atom is 0.279 e. The zero-order valence-corrected chi connectivity index (χ0v) is 16.0. The molecule has 3 aromatic rings. The Bertz CT molecular complexity index is 1030. The number of carbonyl (C=O) groups excluding carboxylic acids is 1. The van der Waals surface area contributed by atoms with Crippen LogP contribution in [-0.4, -0.2) is 17.6 Å². The highest BCUT2D eigenvalue weighted by molar-refractivity contribution is 7.16. The van der Waals surface area contributed by atoms with Crippen molar-refractivity contribution in [3.63, 3.8) is 0 Å². The van der Waals surface area contributed by atoms with Crippen LogP contribution in [0.3, 0.4) is 0 Å². The molecule has 25 heavy (non-hydrogen) atoms. The van der Waals surface area contributed by atoms with Crippen LogP contribution in [0.2, 0.25) is 0 Å². The van der Waals surface area contributed by atoms with Crippen LogP contribution in [0.25, 0.3) is 10.2 Å². The predicted octanol–water partition coefficient (Wildman–Crippen LogP) is 4.40. The molecule has 0 radical (unpaired) electrons. The molecule has 0 N–H and O–H groups in total. The molecule has 1 aromatic heterocycles. The summed E-state index contributed by atoms with van der Waals surface area (Å²) in [5.41, 5.74) is 4.89. The van der Waals surface area contributed by atoms with Gasteiger partial charge in [-0.05, 0) is 51.0 Å². The fraction of sp³-hybridized carbons (Fsp3) is 0.300. The van der Waals surface area contributed by atoms with Crippen molar-refractivity contribution >= 4 is 27.5 Å². The van der Waals surface area contributed by atoms with Crippen LogP contribution in [0.4, 0.5) is 0 Å². The first-order chi connectivity index (χ1) is 12.0. The summed E-state index contributed by atoms with van der Waals surface area (Å²) in [6, 6.07) is 9.81. The summed E-state index contributed by atoms with van der Waals surface area (Å²) < 4.78 is 8.67. The summed E-state index contributed by atoms with van der Waals surface area (Å²) in [6.07, 6.45) is 0. The standard InChI is InChI=1S/C20H22N2O2S/c1-6-22-17-16(24-5)10-8-13(3)18(17)25-20(22)21-19(23)15-9-7-12(2)11-14(15)4/h7-11H,6H2,1-5H3. The zero-order valence-electron chi connectivity index (χ0n) is 15.2. The summed E-state index contributed by atoms with van der Waals surface area (Å²) in [7, 11) is 1.67. The van der Waals surface area contributed by atoms with E-state index in [0.29, 0.717) is 10.4 Å². The van der Waals surface area contributed by atoms with Crippen LogP contribution in [-0.2, 0) is 6.54 Å². The van der Waals surface area contributed by atoms with E-state index < -0.39 is 0 Å². The number of amides is 1. The average molecular weight is 354 g/mol. The van der Waals surface area contributed by atoms with E-state index >= 15 is 0 Å². The Morgan fingerprint density at radius 3 is 2.56 bits per heavy atom. The second-order valence-electron chi connectivity index (χ2n) is 6.13. The normalized spacial score (nSPS) is 12.0. The molecule has 0 aliphatic rings. The van der Waals surface area contributed by atoms with Gasteiger partial charge in [0.1, 0.15) is 11.3 Å². The van der Waals surface area contributed by atoms with Gasteiger partial charge >= 0.3 is 0 Å². The number of benzene rings is 2. The Kier molecular flexibility index (Phi) is 4.77. The van der Waals surface area contributed by atoms with Crippen LogP contribution < -0.4 is 9.54 Å². The van der Waals surface area contributed by atoms with Gasteiger partial charge in [-0.25, -0.2) is 0 Å². The second kappa shape index (κ2) is 6.84. The molecule has 0 saturated carbocycles. The SMILES string of the molecule is CCn1c(=NC(=O)c2ccc(C)cc2C)sc2c(C)ccc(OC)c21. The van der Waals surface area contributed by atoms with Crippen molar-refractivity contribution < 1.29 is 9.53 Å². The molecule has 0 unspecified atom stereocenters. The maximum atomic E-state index is 12.7. The first kappa shape index (κ1) is 17.4. The number of methoxy groups -OCH3 is 1. The zero-order chi connectivity index (χ0) is 18.1. The lowest BCUT2D eigenvalue weighted by molar-refractivity contribution is 0.0997. The lowest BCUT2D eigenvalue weighted by Gasteiger charge is -2.07. The minimum atomic E-state index is -0.206. The molecule has 2 aromatic carbocycles. The molecular formula is C20H22N2O2S. The third-order valence-corrected chi connectivity index (χ3v) is 5.54. The third-order valence-electron chi connectivity index (χ3n) is 4.33. The van der Waals surface area contributed by atoms with Gasteiger partial charge in [0.25, 0.3) is 5.91 Å². The van der Waals surface area contributed by atoms with E-state index in [9.17, 15) is 4.79 Å². The Morgan fingerprint density at radius 1 is 1.16 bits per heavy atom. The van der Waals surface area contributed by atoms with Gasteiger partial charge in [-0.2, -0.15) is 4.99 Å². The topological polar surface area (TPSA) is 43.6 Å². The Hall–Kier alpha value is -2.40. The van der Waals surface area contributed by atoms with E-state index in [1.807, 2.05) is 48.7 Å². The summed E-state index contributed by atoms with van der Waals surface area (Å²) in [4.78, 5) is 17.9. The molecule has 3 rings (SSSR count). The van der Waals surface area contributed by atoms with Gasteiger partial charge in [-0.1, -0.05) is 35.1 Å². The average Bonchev–Trinajstić information content (AvgIpc) is 2.94. The van der Waals surface area contributed by atoms with Gasteiger partial charge in [0.2, 0.25) is 0 Å². The predicted molar refractivity (Wildman–Crippen MR) is 103 cm³/mol. The van der Waals surface area contributed by atoms with Crippen molar-refractivity contribution in [2.75, 3.05) is 7.11 Å². The molecule has 0 atom stereocenters. The molecular weight excluding hydrogens is 332 g/mol. The quantitative estimate of drug-likeness (QED) is 0.700. The van der Waals surface area contributed by atoms with E-state index in [0.717, 1.165) is 39.2 Å². The first-order valence-electron chi connectivity index (χ1n) is 8.29. The lowest BCUT2D eigenvalue weighted by Crippen LogP contribution is -2.16. The molecule has 0 bridgehead atoms. The van der Waals surface area contributed by atoms with Crippen molar-refractivity contribution in [2.45, 2.75) is 34.2 Å².